The fraction of sp³-hybridized carbons (Fsp3) is 0.562. The summed E-state index contributed by atoms with van der Waals surface area (Å²) in [6.07, 6.45) is 3.64. The van der Waals surface area contributed by atoms with Gasteiger partial charge in [0.05, 0.1) is 0 Å². The van der Waals surface area contributed by atoms with Gasteiger partial charge in [-0.2, -0.15) is 0 Å². The number of hydrogen-bond donors (Lipinski definition) is 1. The van der Waals surface area contributed by atoms with Gasteiger partial charge in [0.2, 0.25) is 5.91 Å². The maximum atomic E-state index is 12.2. The highest BCUT2D eigenvalue weighted by molar-refractivity contribution is 5.85. The number of hydrogen-bond acceptors (Lipinski definition) is 2. The van der Waals surface area contributed by atoms with Crippen molar-refractivity contribution in [3.05, 3.63) is 35.4 Å². The highest BCUT2D eigenvalue weighted by atomic mass is 35.5. The van der Waals surface area contributed by atoms with Crippen LogP contribution in [0.25, 0.3) is 0 Å². The Balaban J connectivity index is 0.00000200. The number of aryl methyl sites for hydroxylation is 2. The van der Waals surface area contributed by atoms with E-state index < -0.39 is 0 Å². The van der Waals surface area contributed by atoms with Crippen LogP contribution < -0.4 is 5.32 Å². The molecule has 0 bridgehead atoms. The average molecular weight is 297 g/mol. The van der Waals surface area contributed by atoms with E-state index in [0.717, 1.165) is 32.4 Å². The van der Waals surface area contributed by atoms with E-state index in [2.05, 4.69) is 24.4 Å². The molecule has 1 fully saturated rings. The van der Waals surface area contributed by atoms with Crippen LogP contribution in [-0.4, -0.2) is 37.0 Å². The molecule has 1 aliphatic rings. The minimum absolute atomic E-state index is 0. The summed E-state index contributed by atoms with van der Waals surface area (Å²) in [7, 11) is 2.00. The summed E-state index contributed by atoms with van der Waals surface area (Å²) in [6.45, 7) is 3.91. The zero-order valence-electron chi connectivity index (χ0n) is 12.4. The molecule has 2 rings (SSSR count). The number of carbonyl (C=O) groups excluding carboxylic acids is 1. The summed E-state index contributed by atoms with van der Waals surface area (Å²) in [6, 6.07) is 8.91. The van der Waals surface area contributed by atoms with Gasteiger partial charge in [0, 0.05) is 25.6 Å². The number of carbonyl (C=O) groups is 1. The number of rotatable bonds is 4. The Morgan fingerprint density at radius 3 is 2.55 bits per heavy atom. The second kappa shape index (κ2) is 8.28. The van der Waals surface area contributed by atoms with Gasteiger partial charge in [0.25, 0.3) is 0 Å². The SMILES string of the molecule is CNC1CCN(C(=O)CCc2ccccc2C)CC1.Cl. The molecule has 3 nitrogen and oxygen atoms in total. The summed E-state index contributed by atoms with van der Waals surface area (Å²) < 4.78 is 0. The van der Waals surface area contributed by atoms with Gasteiger partial charge in [0.15, 0.2) is 0 Å². The maximum Gasteiger partial charge on any atom is 0.222 e. The number of likely N-dealkylation sites (tertiary alicyclic amines) is 1. The molecule has 0 unspecified atom stereocenters. The Labute approximate surface area is 128 Å². The monoisotopic (exact) mass is 296 g/mol. The molecule has 0 aromatic heterocycles. The largest absolute Gasteiger partial charge is 0.343 e. The Morgan fingerprint density at radius 2 is 1.95 bits per heavy atom. The van der Waals surface area contributed by atoms with Crippen molar-refractivity contribution in [1.82, 2.24) is 10.2 Å². The first-order valence-corrected chi connectivity index (χ1v) is 7.20. The van der Waals surface area contributed by atoms with E-state index in [9.17, 15) is 4.79 Å². The van der Waals surface area contributed by atoms with Crippen molar-refractivity contribution >= 4 is 18.3 Å². The lowest BCUT2D eigenvalue weighted by Gasteiger charge is -2.32. The third-order valence-electron chi connectivity index (χ3n) is 4.13. The molecular weight excluding hydrogens is 272 g/mol. The van der Waals surface area contributed by atoms with Crippen LogP contribution in [0, 0.1) is 6.92 Å². The predicted octanol–water partition coefficient (Wildman–Crippen LogP) is 2.56. The molecule has 0 saturated carbocycles. The van der Waals surface area contributed by atoms with E-state index in [1.165, 1.54) is 11.1 Å². The molecule has 1 N–H and O–H groups in total. The minimum Gasteiger partial charge on any atom is -0.343 e. The van der Waals surface area contributed by atoms with Gasteiger partial charge in [-0.25, -0.2) is 0 Å². The highest BCUT2D eigenvalue weighted by Gasteiger charge is 2.21. The second-order valence-corrected chi connectivity index (χ2v) is 5.37. The maximum absolute atomic E-state index is 12.2. The first kappa shape index (κ1) is 17.0. The van der Waals surface area contributed by atoms with Crippen molar-refractivity contribution in [1.29, 1.82) is 0 Å². The molecule has 20 heavy (non-hydrogen) atoms. The van der Waals surface area contributed by atoms with Crippen molar-refractivity contribution in [3.8, 4) is 0 Å². The number of amides is 1. The van der Waals surface area contributed by atoms with Gasteiger partial charge in [-0.1, -0.05) is 24.3 Å². The van der Waals surface area contributed by atoms with Crippen LogP contribution in [0.4, 0.5) is 0 Å². The van der Waals surface area contributed by atoms with Crippen molar-refractivity contribution in [2.24, 2.45) is 0 Å². The van der Waals surface area contributed by atoms with E-state index in [1.807, 2.05) is 24.1 Å². The highest BCUT2D eigenvalue weighted by Crippen LogP contribution is 2.14. The van der Waals surface area contributed by atoms with Gasteiger partial charge in [0.1, 0.15) is 0 Å². The molecule has 1 amide bonds. The van der Waals surface area contributed by atoms with E-state index >= 15 is 0 Å². The molecule has 0 radical (unpaired) electrons. The van der Waals surface area contributed by atoms with Crippen LogP contribution in [0.15, 0.2) is 24.3 Å². The smallest absolute Gasteiger partial charge is 0.222 e. The first-order chi connectivity index (χ1) is 9.20. The van der Waals surface area contributed by atoms with Crippen molar-refractivity contribution in [2.45, 2.75) is 38.6 Å². The molecule has 112 valence electrons. The Bertz CT molecular complexity index is 428. The third-order valence-corrected chi connectivity index (χ3v) is 4.13. The molecule has 1 heterocycles. The number of piperidine rings is 1. The zero-order valence-corrected chi connectivity index (χ0v) is 13.2. The summed E-state index contributed by atoms with van der Waals surface area (Å²) in [4.78, 5) is 14.2. The normalized spacial score (nSPS) is 15.8. The summed E-state index contributed by atoms with van der Waals surface area (Å²) >= 11 is 0. The van der Waals surface area contributed by atoms with E-state index in [4.69, 9.17) is 0 Å². The van der Waals surface area contributed by atoms with Crippen molar-refractivity contribution in [2.75, 3.05) is 20.1 Å². The molecular formula is C16H25ClN2O. The average Bonchev–Trinajstić information content (AvgIpc) is 2.46. The molecule has 1 aliphatic heterocycles. The zero-order chi connectivity index (χ0) is 13.7. The summed E-state index contributed by atoms with van der Waals surface area (Å²) in [5.74, 6) is 0.304. The molecule has 1 saturated heterocycles. The van der Waals surface area contributed by atoms with Crippen LogP contribution in [0.1, 0.15) is 30.4 Å². The molecule has 4 heteroatoms. The number of benzene rings is 1. The quantitative estimate of drug-likeness (QED) is 0.926. The lowest BCUT2D eigenvalue weighted by Crippen LogP contribution is -2.44. The number of nitrogens with one attached hydrogen (secondary N) is 1. The summed E-state index contributed by atoms with van der Waals surface area (Å²) in [5.41, 5.74) is 2.57. The van der Waals surface area contributed by atoms with E-state index in [-0.39, 0.29) is 12.4 Å². The second-order valence-electron chi connectivity index (χ2n) is 5.37. The molecule has 0 atom stereocenters. The van der Waals surface area contributed by atoms with Gasteiger partial charge in [-0.15, -0.1) is 12.4 Å². The Morgan fingerprint density at radius 1 is 1.30 bits per heavy atom. The van der Waals surface area contributed by atoms with E-state index in [0.29, 0.717) is 18.4 Å². The fourth-order valence-electron chi connectivity index (χ4n) is 2.71. The standard InChI is InChI=1S/C16H24N2O.ClH/c1-13-5-3-4-6-14(13)7-8-16(19)18-11-9-15(17-2)10-12-18;/h3-6,15,17H,7-12H2,1-2H3;1H. The van der Waals surface area contributed by atoms with Crippen LogP contribution in [0.3, 0.4) is 0 Å². The predicted molar refractivity (Wildman–Crippen MR) is 85.4 cm³/mol. The summed E-state index contributed by atoms with van der Waals surface area (Å²) in [5, 5.41) is 3.29. The Kier molecular flexibility index (Phi) is 7.03. The van der Waals surface area contributed by atoms with Crippen molar-refractivity contribution < 1.29 is 4.79 Å². The first-order valence-electron chi connectivity index (χ1n) is 7.20. The number of nitrogens with zero attached hydrogens (tertiary/aromatic N) is 1. The van der Waals surface area contributed by atoms with Crippen LogP contribution >= 0.6 is 12.4 Å². The van der Waals surface area contributed by atoms with Crippen LogP contribution in [0.5, 0.6) is 0 Å². The van der Waals surface area contributed by atoms with Gasteiger partial charge in [-0.3, -0.25) is 4.79 Å². The van der Waals surface area contributed by atoms with Crippen molar-refractivity contribution in [3.63, 3.8) is 0 Å². The lowest BCUT2D eigenvalue weighted by atomic mass is 10.0. The van der Waals surface area contributed by atoms with Crippen LogP contribution in [0.2, 0.25) is 0 Å². The van der Waals surface area contributed by atoms with Gasteiger partial charge < -0.3 is 10.2 Å². The Hall–Kier alpha value is -1.06. The third kappa shape index (κ3) is 4.50. The van der Waals surface area contributed by atoms with Gasteiger partial charge in [-0.05, 0) is 44.4 Å². The fourth-order valence-corrected chi connectivity index (χ4v) is 2.71. The van der Waals surface area contributed by atoms with E-state index in [1.54, 1.807) is 0 Å². The van der Waals surface area contributed by atoms with Crippen LogP contribution in [-0.2, 0) is 11.2 Å². The van der Waals surface area contributed by atoms with Gasteiger partial charge >= 0.3 is 0 Å². The molecule has 0 spiro atoms. The minimum atomic E-state index is 0. The molecule has 0 aliphatic carbocycles. The number of halogens is 1. The molecule has 1 aromatic rings. The topological polar surface area (TPSA) is 32.3 Å². The molecule has 1 aromatic carbocycles. The lowest BCUT2D eigenvalue weighted by molar-refractivity contribution is -0.132.